The third-order valence-electron chi connectivity index (χ3n) is 4.73. The fraction of sp³-hybridized carbons (Fsp3) is 0.350. The van der Waals surface area contributed by atoms with E-state index in [-0.39, 0.29) is 11.7 Å². The highest BCUT2D eigenvalue weighted by Gasteiger charge is 2.24. The van der Waals surface area contributed by atoms with E-state index in [4.69, 9.17) is 4.74 Å². The van der Waals surface area contributed by atoms with Crippen LogP contribution in [0.5, 0.6) is 0 Å². The molecule has 1 saturated heterocycles. The first kappa shape index (κ1) is 17.1. The first-order chi connectivity index (χ1) is 12.5. The van der Waals surface area contributed by atoms with Crippen molar-refractivity contribution < 1.29 is 13.5 Å². The molecule has 0 bridgehead atoms. The number of halogens is 2. The van der Waals surface area contributed by atoms with Crippen molar-refractivity contribution in [3.05, 3.63) is 58.9 Å². The Morgan fingerprint density at radius 2 is 1.96 bits per heavy atom. The maximum atomic E-state index is 14.6. The molecule has 3 aromatic rings. The highest BCUT2D eigenvalue weighted by atomic mass is 19.1. The Morgan fingerprint density at radius 1 is 1.19 bits per heavy atom. The lowest BCUT2D eigenvalue weighted by Gasteiger charge is -2.24. The van der Waals surface area contributed by atoms with Crippen molar-refractivity contribution >= 4 is 5.65 Å². The molecule has 0 radical (unpaired) electrons. The molecule has 0 amide bonds. The molecular weight excluding hydrogens is 336 g/mol. The zero-order valence-electron chi connectivity index (χ0n) is 14.9. The molecule has 4 nitrogen and oxygen atoms in total. The number of aromatic nitrogens is 2. The highest BCUT2D eigenvalue weighted by molar-refractivity contribution is 5.68. The Bertz CT molecular complexity index is 938. The Hall–Kier alpha value is -2.31. The number of hydrogen-bond donors (Lipinski definition) is 1. The number of morpholine rings is 1. The molecule has 1 aromatic carbocycles. The predicted octanol–water partition coefficient (Wildman–Crippen LogP) is 3.43. The van der Waals surface area contributed by atoms with Gasteiger partial charge >= 0.3 is 0 Å². The number of benzene rings is 1. The third kappa shape index (κ3) is 3.10. The van der Waals surface area contributed by atoms with Crippen molar-refractivity contribution in [1.29, 1.82) is 0 Å². The molecule has 2 aromatic heterocycles. The zero-order valence-corrected chi connectivity index (χ0v) is 14.9. The van der Waals surface area contributed by atoms with Crippen molar-refractivity contribution in [2.24, 2.45) is 0 Å². The number of aryl methyl sites for hydroxylation is 2. The second-order valence-electron chi connectivity index (χ2n) is 6.84. The van der Waals surface area contributed by atoms with Gasteiger partial charge < -0.3 is 14.5 Å². The van der Waals surface area contributed by atoms with Crippen LogP contribution < -0.4 is 5.32 Å². The summed E-state index contributed by atoms with van der Waals surface area (Å²) >= 11 is 0. The van der Waals surface area contributed by atoms with Crippen LogP contribution in [-0.2, 0) is 11.2 Å². The minimum Gasteiger partial charge on any atom is -0.375 e. The number of nitrogens with one attached hydrogen (secondary N) is 1. The lowest BCUT2D eigenvalue weighted by molar-refractivity contribution is 0.0286. The van der Waals surface area contributed by atoms with Gasteiger partial charge in [-0.25, -0.2) is 13.8 Å². The molecule has 0 saturated carbocycles. The van der Waals surface area contributed by atoms with E-state index in [2.05, 4.69) is 10.3 Å². The average Bonchev–Trinajstić information content (AvgIpc) is 2.92. The van der Waals surface area contributed by atoms with Crippen molar-refractivity contribution in [1.82, 2.24) is 14.7 Å². The van der Waals surface area contributed by atoms with E-state index >= 15 is 0 Å². The van der Waals surface area contributed by atoms with Crippen LogP contribution in [0.1, 0.15) is 16.8 Å². The van der Waals surface area contributed by atoms with Gasteiger partial charge in [0.1, 0.15) is 17.3 Å². The average molecular weight is 357 g/mol. The van der Waals surface area contributed by atoms with Gasteiger partial charge in [-0.1, -0.05) is 0 Å². The predicted molar refractivity (Wildman–Crippen MR) is 96.3 cm³/mol. The maximum absolute atomic E-state index is 14.6. The highest BCUT2D eigenvalue weighted by Crippen LogP contribution is 2.31. The summed E-state index contributed by atoms with van der Waals surface area (Å²) in [5.41, 5.74) is 3.30. The van der Waals surface area contributed by atoms with E-state index in [1.165, 1.54) is 12.1 Å². The Labute approximate surface area is 150 Å². The van der Waals surface area contributed by atoms with Crippen LogP contribution in [0, 0.1) is 25.5 Å². The summed E-state index contributed by atoms with van der Waals surface area (Å²) in [5, 5.41) is 3.29. The van der Waals surface area contributed by atoms with Crippen LogP contribution in [0.15, 0.2) is 30.5 Å². The molecule has 1 N–H and O–H groups in total. The lowest BCUT2D eigenvalue weighted by Crippen LogP contribution is -2.39. The monoisotopic (exact) mass is 357 g/mol. The van der Waals surface area contributed by atoms with E-state index in [0.29, 0.717) is 36.5 Å². The van der Waals surface area contributed by atoms with Crippen LogP contribution >= 0.6 is 0 Å². The number of fused-ring (bicyclic) bond motifs is 1. The Morgan fingerprint density at radius 3 is 2.65 bits per heavy atom. The van der Waals surface area contributed by atoms with E-state index in [1.54, 1.807) is 6.92 Å². The molecule has 1 aliphatic rings. The summed E-state index contributed by atoms with van der Waals surface area (Å²) in [4.78, 5) is 4.57. The van der Waals surface area contributed by atoms with Gasteiger partial charge in [0.05, 0.1) is 29.7 Å². The van der Waals surface area contributed by atoms with Gasteiger partial charge in [-0.05, 0) is 49.2 Å². The second-order valence-corrected chi connectivity index (χ2v) is 6.84. The Balaban J connectivity index is 1.89. The van der Waals surface area contributed by atoms with Gasteiger partial charge in [0, 0.05) is 25.7 Å². The van der Waals surface area contributed by atoms with Gasteiger partial charge in [0.25, 0.3) is 0 Å². The molecular formula is C20H21F2N3O. The largest absolute Gasteiger partial charge is 0.375 e. The number of pyridine rings is 1. The topological polar surface area (TPSA) is 38.6 Å². The minimum absolute atomic E-state index is 0.0553. The molecule has 4 rings (SSSR count). The van der Waals surface area contributed by atoms with Crippen molar-refractivity contribution in [3.8, 4) is 11.3 Å². The third-order valence-corrected chi connectivity index (χ3v) is 4.73. The molecule has 26 heavy (non-hydrogen) atoms. The summed E-state index contributed by atoms with van der Waals surface area (Å²) in [6, 6.07) is 6.56. The molecule has 6 heteroatoms. The second kappa shape index (κ2) is 6.78. The molecule has 1 aliphatic heterocycles. The van der Waals surface area contributed by atoms with Crippen LogP contribution in [0.25, 0.3) is 16.9 Å². The van der Waals surface area contributed by atoms with Gasteiger partial charge in [-0.3, -0.25) is 0 Å². The summed E-state index contributed by atoms with van der Waals surface area (Å²) in [5.74, 6) is -1.18. The van der Waals surface area contributed by atoms with Crippen LogP contribution in [0.2, 0.25) is 0 Å². The van der Waals surface area contributed by atoms with Gasteiger partial charge in [-0.2, -0.15) is 0 Å². The van der Waals surface area contributed by atoms with Crippen molar-refractivity contribution in [3.63, 3.8) is 0 Å². The SMILES string of the molecule is Cc1cc(F)c(-c2nc3cc(C)ccn3c2CC2CNCCO2)c(F)c1. The molecule has 136 valence electrons. The van der Waals surface area contributed by atoms with E-state index in [0.717, 1.165) is 17.8 Å². The number of ether oxygens (including phenoxy) is 1. The molecule has 3 heterocycles. The number of rotatable bonds is 3. The van der Waals surface area contributed by atoms with Gasteiger partial charge in [0.2, 0.25) is 0 Å². The number of nitrogens with zero attached hydrogens (tertiary/aromatic N) is 2. The maximum Gasteiger partial charge on any atom is 0.137 e. The first-order valence-corrected chi connectivity index (χ1v) is 8.79. The smallest absolute Gasteiger partial charge is 0.137 e. The van der Waals surface area contributed by atoms with Gasteiger partial charge in [0.15, 0.2) is 0 Å². The fourth-order valence-corrected chi connectivity index (χ4v) is 3.49. The van der Waals surface area contributed by atoms with Crippen molar-refractivity contribution in [2.45, 2.75) is 26.4 Å². The first-order valence-electron chi connectivity index (χ1n) is 8.79. The van der Waals surface area contributed by atoms with E-state index < -0.39 is 11.6 Å². The quantitative estimate of drug-likeness (QED) is 0.781. The van der Waals surface area contributed by atoms with E-state index in [9.17, 15) is 8.78 Å². The van der Waals surface area contributed by atoms with Crippen LogP contribution in [0.4, 0.5) is 8.78 Å². The standard InChI is InChI=1S/C20H21F2N3O/c1-12-3-5-25-17(10-14-11-23-4-6-26-14)20(24-18(25)9-12)19-15(21)7-13(2)8-16(19)22/h3,5,7-9,14,23H,4,6,10-11H2,1-2H3. The van der Waals surface area contributed by atoms with Gasteiger partial charge in [-0.15, -0.1) is 0 Å². The normalized spacial score (nSPS) is 17.8. The summed E-state index contributed by atoms with van der Waals surface area (Å²) in [6.45, 7) is 5.79. The van der Waals surface area contributed by atoms with Crippen LogP contribution in [0.3, 0.4) is 0 Å². The number of imidazole rings is 1. The van der Waals surface area contributed by atoms with Crippen molar-refractivity contribution in [2.75, 3.05) is 19.7 Å². The Kier molecular flexibility index (Phi) is 4.46. The molecule has 1 atom stereocenters. The molecule has 1 unspecified atom stereocenters. The summed E-state index contributed by atoms with van der Waals surface area (Å²) in [7, 11) is 0. The molecule has 1 fully saturated rings. The van der Waals surface area contributed by atoms with Crippen LogP contribution in [-0.4, -0.2) is 35.2 Å². The fourth-order valence-electron chi connectivity index (χ4n) is 3.49. The van der Waals surface area contributed by atoms with E-state index in [1.807, 2.05) is 29.7 Å². The zero-order chi connectivity index (χ0) is 18.3. The summed E-state index contributed by atoms with van der Waals surface area (Å²) in [6.07, 6.45) is 2.37. The molecule has 0 spiro atoms. The molecule has 0 aliphatic carbocycles. The number of hydrogen-bond acceptors (Lipinski definition) is 3. The minimum atomic E-state index is -0.591. The lowest BCUT2D eigenvalue weighted by atomic mass is 10.0. The summed E-state index contributed by atoms with van der Waals surface area (Å²) < 4.78 is 37.0.